The second kappa shape index (κ2) is 2.48. The van der Waals surface area contributed by atoms with Gasteiger partial charge in [0, 0.05) is 4.83 Å². The molecule has 3 aliphatic rings. The zero-order chi connectivity index (χ0) is 8.98. The fourth-order valence-electron chi connectivity index (χ4n) is 2.67. The molecule has 0 aromatic rings. The number of hydrogen-bond donors (Lipinski definition) is 0. The van der Waals surface area contributed by atoms with Crippen molar-refractivity contribution in [1.82, 2.24) is 0 Å². The van der Waals surface area contributed by atoms with Gasteiger partial charge < -0.3 is 4.74 Å². The van der Waals surface area contributed by atoms with Gasteiger partial charge in [0.1, 0.15) is 0 Å². The van der Waals surface area contributed by atoms with Crippen LogP contribution in [0, 0.1) is 5.92 Å². The molecule has 0 spiro atoms. The molecule has 1 aliphatic carbocycles. The number of ether oxygens (including phenoxy) is 1. The van der Waals surface area contributed by atoms with Gasteiger partial charge in [-0.1, -0.05) is 15.9 Å². The van der Waals surface area contributed by atoms with Gasteiger partial charge >= 0.3 is 0 Å². The molecule has 1 saturated carbocycles. The Morgan fingerprint density at radius 2 is 2.00 bits per heavy atom. The number of halogens is 1. The van der Waals surface area contributed by atoms with Crippen LogP contribution >= 0.6 is 15.9 Å². The molecule has 0 amide bonds. The molecule has 0 aromatic heterocycles. The van der Waals surface area contributed by atoms with Crippen molar-refractivity contribution in [2.45, 2.75) is 56.1 Å². The predicted molar refractivity (Wildman–Crippen MR) is 53.6 cm³/mol. The van der Waals surface area contributed by atoms with E-state index in [2.05, 4.69) is 36.7 Å². The van der Waals surface area contributed by atoms with Gasteiger partial charge in [0.05, 0.1) is 11.2 Å². The molecule has 2 aliphatic heterocycles. The van der Waals surface area contributed by atoms with Gasteiger partial charge in [0.2, 0.25) is 0 Å². The number of hydrogen-bond acceptors (Lipinski definition) is 1. The summed E-state index contributed by atoms with van der Waals surface area (Å²) in [7, 11) is 0. The lowest BCUT2D eigenvalue weighted by Crippen LogP contribution is -2.59. The van der Waals surface area contributed by atoms with Crippen LogP contribution in [0.1, 0.15) is 40.0 Å². The molecule has 2 saturated heterocycles. The fourth-order valence-corrected chi connectivity index (χ4v) is 3.44. The van der Waals surface area contributed by atoms with E-state index in [4.69, 9.17) is 4.74 Å². The lowest BCUT2D eigenvalue weighted by atomic mass is 9.69. The standard InChI is InChI=1S/C10H17BrO/c1-9(2)7-4-5-10(3,12-9)8(11)6-7/h7-8H,4-6H2,1-3H3/t7?,8-,10-/m1/s1. The smallest absolute Gasteiger partial charge is 0.0786 e. The molecule has 3 fully saturated rings. The van der Waals surface area contributed by atoms with E-state index in [0.717, 1.165) is 5.92 Å². The molecule has 0 N–H and O–H groups in total. The summed E-state index contributed by atoms with van der Waals surface area (Å²) >= 11 is 3.73. The van der Waals surface area contributed by atoms with Crippen molar-refractivity contribution in [3.63, 3.8) is 0 Å². The topological polar surface area (TPSA) is 9.23 Å². The highest BCUT2D eigenvalue weighted by Gasteiger charge is 2.52. The Kier molecular flexibility index (Phi) is 1.86. The van der Waals surface area contributed by atoms with Crippen molar-refractivity contribution in [2.75, 3.05) is 0 Å². The SMILES string of the molecule is CC1(C)O[C@]2(C)CCC1C[C@H]2Br. The molecule has 12 heavy (non-hydrogen) atoms. The molecule has 1 unspecified atom stereocenters. The normalized spacial score (nSPS) is 51.0. The maximum atomic E-state index is 6.13. The Balaban J connectivity index is 2.26. The third-order valence-corrected chi connectivity index (χ3v) is 4.96. The van der Waals surface area contributed by atoms with Gasteiger partial charge in [-0.05, 0) is 46.0 Å². The van der Waals surface area contributed by atoms with Gasteiger partial charge in [0.25, 0.3) is 0 Å². The van der Waals surface area contributed by atoms with Gasteiger partial charge in [-0.2, -0.15) is 0 Å². The molecule has 2 heteroatoms. The first-order chi connectivity index (χ1) is 5.44. The quantitative estimate of drug-likeness (QED) is 0.584. The second-order valence-electron chi connectivity index (χ2n) is 4.96. The highest BCUT2D eigenvalue weighted by atomic mass is 79.9. The Morgan fingerprint density at radius 3 is 2.33 bits per heavy atom. The van der Waals surface area contributed by atoms with E-state index in [-0.39, 0.29) is 11.2 Å². The van der Waals surface area contributed by atoms with E-state index < -0.39 is 0 Å². The lowest BCUT2D eigenvalue weighted by Gasteiger charge is -2.56. The van der Waals surface area contributed by atoms with Gasteiger partial charge in [-0.3, -0.25) is 0 Å². The molecular formula is C10H17BrO. The average molecular weight is 233 g/mol. The zero-order valence-corrected chi connectivity index (χ0v) is 9.65. The van der Waals surface area contributed by atoms with E-state index in [1.54, 1.807) is 0 Å². The summed E-state index contributed by atoms with van der Waals surface area (Å²) in [6.07, 6.45) is 3.84. The average Bonchev–Trinajstić information content (AvgIpc) is 1.91. The van der Waals surface area contributed by atoms with Crippen molar-refractivity contribution in [1.29, 1.82) is 0 Å². The maximum absolute atomic E-state index is 6.13. The third-order valence-electron chi connectivity index (χ3n) is 3.62. The fraction of sp³-hybridized carbons (Fsp3) is 1.00. The van der Waals surface area contributed by atoms with Gasteiger partial charge in [-0.25, -0.2) is 0 Å². The van der Waals surface area contributed by atoms with E-state index in [9.17, 15) is 0 Å². The van der Waals surface area contributed by atoms with E-state index >= 15 is 0 Å². The maximum Gasteiger partial charge on any atom is 0.0786 e. The van der Waals surface area contributed by atoms with Crippen LogP contribution in [0.4, 0.5) is 0 Å². The lowest BCUT2D eigenvalue weighted by molar-refractivity contribution is -0.224. The Hall–Kier alpha value is 0.440. The number of rotatable bonds is 0. The molecular weight excluding hydrogens is 216 g/mol. The summed E-state index contributed by atoms with van der Waals surface area (Å²) in [4.78, 5) is 0.566. The van der Waals surface area contributed by atoms with E-state index in [1.165, 1.54) is 19.3 Å². The summed E-state index contributed by atoms with van der Waals surface area (Å²) in [5.41, 5.74) is 0.204. The summed E-state index contributed by atoms with van der Waals surface area (Å²) in [5.74, 6) is 0.753. The van der Waals surface area contributed by atoms with Crippen LogP contribution in [0.3, 0.4) is 0 Å². The van der Waals surface area contributed by atoms with Gasteiger partial charge in [0.15, 0.2) is 0 Å². The zero-order valence-electron chi connectivity index (χ0n) is 8.06. The Bertz CT molecular complexity index is 202. The summed E-state index contributed by atoms with van der Waals surface area (Å²) in [5, 5.41) is 0. The molecule has 2 heterocycles. The summed E-state index contributed by atoms with van der Waals surface area (Å²) < 4.78 is 6.13. The van der Waals surface area contributed by atoms with Crippen molar-refractivity contribution in [2.24, 2.45) is 5.92 Å². The monoisotopic (exact) mass is 232 g/mol. The van der Waals surface area contributed by atoms with Crippen molar-refractivity contribution in [3.05, 3.63) is 0 Å². The molecule has 70 valence electrons. The minimum absolute atomic E-state index is 0.0955. The van der Waals surface area contributed by atoms with E-state index in [0.29, 0.717) is 4.83 Å². The van der Waals surface area contributed by atoms with Crippen LogP contribution in [0.25, 0.3) is 0 Å². The second-order valence-corrected chi connectivity index (χ2v) is 6.06. The largest absolute Gasteiger partial charge is 0.368 e. The summed E-state index contributed by atoms with van der Waals surface area (Å²) in [6.45, 7) is 6.70. The third kappa shape index (κ3) is 1.15. The Labute approximate surface area is 83.0 Å². The molecule has 0 radical (unpaired) electrons. The number of fused-ring (bicyclic) bond motifs is 3. The first-order valence-corrected chi connectivity index (χ1v) is 5.70. The predicted octanol–water partition coefficient (Wildman–Crippen LogP) is 3.12. The minimum Gasteiger partial charge on any atom is -0.368 e. The molecule has 3 rings (SSSR count). The Morgan fingerprint density at radius 1 is 1.33 bits per heavy atom. The van der Waals surface area contributed by atoms with E-state index in [1.807, 2.05) is 0 Å². The van der Waals surface area contributed by atoms with Crippen LogP contribution in [0.2, 0.25) is 0 Å². The van der Waals surface area contributed by atoms with Crippen LogP contribution < -0.4 is 0 Å². The first kappa shape index (κ1) is 9.01. The molecule has 2 bridgehead atoms. The van der Waals surface area contributed by atoms with Crippen molar-refractivity contribution < 1.29 is 4.74 Å². The molecule has 0 aromatic carbocycles. The van der Waals surface area contributed by atoms with Crippen LogP contribution in [-0.2, 0) is 4.74 Å². The summed E-state index contributed by atoms with van der Waals surface area (Å²) in [6, 6.07) is 0. The van der Waals surface area contributed by atoms with Gasteiger partial charge in [-0.15, -0.1) is 0 Å². The molecule has 3 atom stereocenters. The molecule has 1 nitrogen and oxygen atoms in total. The van der Waals surface area contributed by atoms with Crippen molar-refractivity contribution >= 4 is 15.9 Å². The van der Waals surface area contributed by atoms with Crippen molar-refractivity contribution in [3.8, 4) is 0 Å². The van der Waals surface area contributed by atoms with Crippen LogP contribution in [0.15, 0.2) is 0 Å². The minimum atomic E-state index is 0.0955. The highest BCUT2D eigenvalue weighted by Crippen LogP contribution is 2.51. The first-order valence-electron chi connectivity index (χ1n) is 4.78. The number of alkyl halides is 1. The van der Waals surface area contributed by atoms with Crippen LogP contribution in [0.5, 0.6) is 0 Å². The highest BCUT2D eigenvalue weighted by molar-refractivity contribution is 9.09. The van der Waals surface area contributed by atoms with Crippen LogP contribution in [-0.4, -0.2) is 16.0 Å².